The summed E-state index contributed by atoms with van der Waals surface area (Å²) < 4.78 is 8.07. The summed E-state index contributed by atoms with van der Waals surface area (Å²) in [4.78, 5) is 0. The first-order chi connectivity index (χ1) is 17.8. The summed E-state index contributed by atoms with van der Waals surface area (Å²) >= 11 is 1.67. The fraction of sp³-hybridized carbons (Fsp3) is 0.207. The molecule has 5 rings (SSSR count). The third-order valence-corrected chi connectivity index (χ3v) is 6.99. The molecule has 5 aromatic rings. The van der Waals surface area contributed by atoms with Crippen molar-refractivity contribution in [3.05, 3.63) is 108 Å². The Hall–Kier alpha value is -3.68. The van der Waals surface area contributed by atoms with E-state index < -0.39 is 0 Å². The maximum absolute atomic E-state index is 6.28. The first-order valence-corrected chi connectivity index (χ1v) is 13.1. The van der Waals surface area contributed by atoms with E-state index in [0.717, 1.165) is 41.9 Å². The van der Waals surface area contributed by atoms with Crippen LogP contribution in [0.3, 0.4) is 0 Å². The molecule has 182 valence electrons. The Kier molecular flexibility index (Phi) is 7.90. The minimum atomic E-state index is 0.554. The second-order valence-corrected chi connectivity index (χ2v) is 9.69. The number of para-hydroxylation sites is 1. The number of benzene rings is 4. The molecule has 36 heavy (non-hydrogen) atoms. The lowest BCUT2D eigenvalue weighted by atomic mass is 10.0. The molecule has 0 amide bonds. The zero-order valence-electron chi connectivity index (χ0n) is 20.3. The molecule has 0 aliphatic carbocycles. The molecule has 1 N–H and O–H groups in total. The highest BCUT2D eigenvalue weighted by molar-refractivity contribution is 7.99. The SMILES string of the molecule is Cc1ccc(COc2ccc3ccccc3c2CNCCCSc2nnnn2-c2ccccc2)cc1. The lowest BCUT2D eigenvalue weighted by Crippen LogP contribution is -2.16. The van der Waals surface area contributed by atoms with Gasteiger partial charge in [-0.15, -0.1) is 5.10 Å². The molecule has 7 heteroatoms. The predicted octanol–water partition coefficient (Wildman–Crippen LogP) is 5.97. The summed E-state index contributed by atoms with van der Waals surface area (Å²) in [5.74, 6) is 1.85. The third kappa shape index (κ3) is 5.93. The zero-order chi connectivity index (χ0) is 24.6. The molecule has 0 unspecified atom stereocenters. The minimum Gasteiger partial charge on any atom is -0.489 e. The summed E-state index contributed by atoms with van der Waals surface area (Å²) in [5.41, 5.74) is 4.59. The summed E-state index contributed by atoms with van der Waals surface area (Å²) in [7, 11) is 0. The second-order valence-electron chi connectivity index (χ2n) is 8.63. The molecular formula is C29H29N5OS. The summed E-state index contributed by atoms with van der Waals surface area (Å²) in [5, 5.41) is 19.0. The van der Waals surface area contributed by atoms with Crippen molar-refractivity contribution >= 4 is 22.5 Å². The minimum absolute atomic E-state index is 0.554. The number of fused-ring (bicyclic) bond motifs is 1. The second kappa shape index (κ2) is 11.8. The van der Waals surface area contributed by atoms with Gasteiger partial charge in [0.15, 0.2) is 0 Å². The maximum Gasteiger partial charge on any atom is 0.214 e. The highest BCUT2D eigenvalue weighted by atomic mass is 32.2. The number of hydrogen-bond donors (Lipinski definition) is 1. The van der Waals surface area contributed by atoms with Gasteiger partial charge in [0.1, 0.15) is 12.4 Å². The number of rotatable bonds is 11. The average molecular weight is 496 g/mol. The number of hydrogen-bond acceptors (Lipinski definition) is 6. The van der Waals surface area contributed by atoms with Crippen molar-refractivity contribution in [3.8, 4) is 11.4 Å². The van der Waals surface area contributed by atoms with Crippen LogP contribution in [0.1, 0.15) is 23.1 Å². The topological polar surface area (TPSA) is 64.9 Å². The summed E-state index contributed by atoms with van der Waals surface area (Å²) in [6, 6.07) is 31.2. The van der Waals surface area contributed by atoms with Crippen molar-refractivity contribution < 1.29 is 4.74 Å². The summed E-state index contributed by atoms with van der Waals surface area (Å²) in [6.45, 7) is 4.29. The largest absolute Gasteiger partial charge is 0.489 e. The molecule has 0 bridgehead atoms. The van der Waals surface area contributed by atoms with Gasteiger partial charge in [-0.05, 0) is 64.9 Å². The molecule has 0 radical (unpaired) electrons. The van der Waals surface area contributed by atoms with Crippen LogP contribution >= 0.6 is 11.8 Å². The van der Waals surface area contributed by atoms with Crippen LogP contribution in [-0.2, 0) is 13.2 Å². The van der Waals surface area contributed by atoms with E-state index in [-0.39, 0.29) is 0 Å². The van der Waals surface area contributed by atoms with E-state index in [9.17, 15) is 0 Å². The number of nitrogens with zero attached hydrogens (tertiary/aromatic N) is 4. The van der Waals surface area contributed by atoms with Crippen LogP contribution < -0.4 is 10.1 Å². The van der Waals surface area contributed by atoms with Crippen molar-refractivity contribution in [2.24, 2.45) is 0 Å². The normalized spacial score (nSPS) is 11.1. The van der Waals surface area contributed by atoms with Gasteiger partial charge in [0.2, 0.25) is 5.16 Å². The van der Waals surface area contributed by atoms with Crippen LogP contribution in [0, 0.1) is 6.92 Å². The molecule has 0 fully saturated rings. The van der Waals surface area contributed by atoms with Crippen LogP contribution in [0.25, 0.3) is 16.5 Å². The molecule has 0 spiro atoms. The predicted molar refractivity (Wildman–Crippen MR) is 146 cm³/mol. The number of nitrogens with one attached hydrogen (secondary N) is 1. The first-order valence-electron chi connectivity index (χ1n) is 12.1. The lowest BCUT2D eigenvalue weighted by Gasteiger charge is -2.15. The van der Waals surface area contributed by atoms with Gasteiger partial charge in [-0.1, -0.05) is 90.1 Å². The van der Waals surface area contributed by atoms with Gasteiger partial charge in [-0.2, -0.15) is 4.68 Å². The van der Waals surface area contributed by atoms with E-state index >= 15 is 0 Å². The number of ether oxygens (including phenoxy) is 1. The Morgan fingerprint density at radius 3 is 2.56 bits per heavy atom. The molecule has 0 saturated heterocycles. The van der Waals surface area contributed by atoms with E-state index in [2.05, 4.69) is 88.4 Å². The Morgan fingerprint density at radius 2 is 1.69 bits per heavy atom. The molecule has 1 heterocycles. The quantitative estimate of drug-likeness (QED) is 0.180. The Bertz CT molecular complexity index is 1400. The van der Waals surface area contributed by atoms with E-state index in [1.54, 1.807) is 16.4 Å². The number of aryl methyl sites for hydroxylation is 1. The smallest absolute Gasteiger partial charge is 0.214 e. The lowest BCUT2D eigenvalue weighted by molar-refractivity contribution is 0.303. The molecule has 4 aromatic carbocycles. The van der Waals surface area contributed by atoms with E-state index in [1.807, 2.05) is 30.3 Å². The van der Waals surface area contributed by atoms with Gasteiger partial charge in [0.25, 0.3) is 0 Å². The number of aromatic nitrogens is 4. The molecule has 6 nitrogen and oxygen atoms in total. The van der Waals surface area contributed by atoms with E-state index in [1.165, 1.54) is 27.5 Å². The van der Waals surface area contributed by atoms with Gasteiger partial charge in [-0.3, -0.25) is 0 Å². The Labute approximate surface area is 215 Å². The van der Waals surface area contributed by atoms with E-state index in [4.69, 9.17) is 4.74 Å². The van der Waals surface area contributed by atoms with Crippen molar-refractivity contribution in [1.29, 1.82) is 0 Å². The number of tetrazole rings is 1. The van der Waals surface area contributed by atoms with Crippen molar-refractivity contribution in [3.63, 3.8) is 0 Å². The fourth-order valence-electron chi connectivity index (χ4n) is 4.05. The van der Waals surface area contributed by atoms with Gasteiger partial charge >= 0.3 is 0 Å². The van der Waals surface area contributed by atoms with Gasteiger partial charge in [0.05, 0.1) is 5.69 Å². The van der Waals surface area contributed by atoms with Gasteiger partial charge < -0.3 is 10.1 Å². The van der Waals surface area contributed by atoms with Crippen LogP contribution in [0.5, 0.6) is 5.75 Å². The van der Waals surface area contributed by atoms with Crippen LogP contribution in [0.15, 0.2) is 96.2 Å². The maximum atomic E-state index is 6.28. The molecular weight excluding hydrogens is 466 g/mol. The van der Waals surface area contributed by atoms with Crippen molar-refractivity contribution in [1.82, 2.24) is 25.5 Å². The number of thioether (sulfide) groups is 1. The molecule has 1 aromatic heterocycles. The molecule has 0 aliphatic rings. The molecule has 0 atom stereocenters. The fourth-order valence-corrected chi connectivity index (χ4v) is 4.88. The Morgan fingerprint density at radius 1 is 0.889 bits per heavy atom. The summed E-state index contributed by atoms with van der Waals surface area (Å²) in [6.07, 6.45) is 0.997. The zero-order valence-corrected chi connectivity index (χ0v) is 21.1. The van der Waals surface area contributed by atoms with E-state index in [0.29, 0.717) is 6.61 Å². The van der Waals surface area contributed by atoms with Crippen LogP contribution in [0.2, 0.25) is 0 Å². The monoisotopic (exact) mass is 495 g/mol. The van der Waals surface area contributed by atoms with Gasteiger partial charge in [0, 0.05) is 17.9 Å². The first kappa shape index (κ1) is 24.0. The highest BCUT2D eigenvalue weighted by Gasteiger charge is 2.11. The third-order valence-electron chi connectivity index (χ3n) is 5.99. The van der Waals surface area contributed by atoms with Crippen LogP contribution in [0.4, 0.5) is 0 Å². The molecule has 0 saturated carbocycles. The standard InChI is InChI=1S/C29H29N5OS/c1-22-12-14-23(15-13-22)21-35-28-17-16-24-8-5-6-11-26(24)27(28)20-30-18-7-19-36-29-31-32-33-34(29)25-9-3-2-4-10-25/h2-6,8-17,30H,7,18-21H2,1H3. The Balaban J connectivity index is 1.18. The van der Waals surface area contributed by atoms with Crippen molar-refractivity contribution in [2.75, 3.05) is 12.3 Å². The van der Waals surface area contributed by atoms with Crippen molar-refractivity contribution in [2.45, 2.75) is 31.7 Å². The van der Waals surface area contributed by atoms with Gasteiger partial charge in [-0.25, -0.2) is 0 Å². The van der Waals surface area contributed by atoms with Crippen LogP contribution in [-0.4, -0.2) is 32.5 Å². The molecule has 0 aliphatic heterocycles. The average Bonchev–Trinajstić information content (AvgIpc) is 3.40. The highest BCUT2D eigenvalue weighted by Crippen LogP contribution is 2.29.